The summed E-state index contributed by atoms with van der Waals surface area (Å²) < 4.78 is 13.7. The quantitative estimate of drug-likeness (QED) is 0.893. The van der Waals surface area contributed by atoms with Crippen molar-refractivity contribution in [2.75, 3.05) is 13.1 Å². The highest BCUT2D eigenvalue weighted by Crippen LogP contribution is 2.24. The first-order valence-corrected chi connectivity index (χ1v) is 6.97. The third-order valence-corrected chi connectivity index (χ3v) is 3.76. The lowest BCUT2D eigenvalue weighted by molar-refractivity contribution is -0.137. The lowest BCUT2D eigenvalue weighted by Crippen LogP contribution is -2.40. The number of halogens is 1. The van der Waals surface area contributed by atoms with Crippen LogP contribution in [0.15, 0.2) is 18.2 Å². The number of amides is 1. The number of benzene rings is 1. The Morgan fingerprint density at radius 1 is 1.38 bits per heavy atom. The highest BCUT2D eigenvalue weighted by molar-refractivity contribution is 5.94. The Hall–Kier alpha value is -2.11. The monoisotopic (exact) mass is 295 g/mol. The van der Waals surface area contributed by atoms with Crippen LogP contribution >= 0.6 is 0 Å². The number of phenolic OH excluding ortho intramolecular Hbond substituents is 1. The van der Waals surface area contributed by atoms with Gasteiger partial charge in [-0.05, 0) is 37.3 Å². The number of piperidine rings is 1. The molecule has 0 spiro atoms. The molecular formula is C15H18FNO4. The molecule has 6 heteroatoms. The molecule has 1 amide bonds. The van der Waals surface area contributed by atoms with Gasteiger partial charge in [-0.15, -0.1) is 0 Å². The number of carboxylic acids is 1. The van der Waals surface area contributed by atoms with Crippen LogP contribution in [-0.4, -0.2) is 40.1 Å². The predicted molar refractivity (Wildman–Crippen MR) is 73.6 cm³/mol. The second-order valence-electron chi connectivity index (χ2n) is 5.36. The first kappa shape index (κ1) is 15.3. The van der Waals surface area contributed by atoms with E-state index < -0.39 is 17.7 Å². The third kappa shape index (κ3) is 3.93. The van der Waals surface area contributed by atoms with E-state index in [0.29, 0.717) is 19.5 Å². The molecule has 1 aliphatic heterocycles. The summed E-state index contributed by atoms with van der Waals surface area (Å²) in [7, 11) is 0. The highest BCUT2D eigenvalue weighted by atomic mass is 19.1. The average Bonchev–Trinajstić information content (AvgIpc) is 2.45. The summed E-state index contributed by atoms with van der Waals surface area (Å²) in [4.78, 5) is 24.5. The van der Waals surface area contributed by atoms with Crippen molar-refractivity contribution < 1.29 is 24.2 Å². The van der Waals surface area contributed by atoms with Gasteiger partial charge in [0.1, 0.15) is 11.6 Å². The largest absolute Gasteiger partial charge is 0.508 e. The number of phenols is 1. The molecule has 5 nitrogen and oxygen atoms in total. The van der Waals surface area contributed by atoms with Gasteiger partial charge in [0.15, 0.2) is 0 Å². The number of aromatic hydroxyl groups is 1. The summed E-state index contributed by atoms with van der Waals surface area (Å²) in [5.74, 6) is -2.08. The Morgan fingerprint density at radius 2 is 2.14 bits per heavy atom. The van der Waals surface area contributed by atoms with Gasteiger partial charge in [0, 0.05) is 25.6 Å². The number of carbonyl (C=O) groups is 2. The SMILES string of the molecule is O=C(O)CCC1CCCN(C(=O)c2ccc(O)cc2F)C1. The maximum absolute atomic E-state index is 13.7. The van der Waals surface area contributed by atoms with E-state index in [4.69, 9.17) is 5.11 Å². The van der Waals surface area contributed by atoms with Crippen LogP contribution in [0.25, 0.3) is 0 Å². The second-order valence-corrected chi connectivity index (χ2v) is 5.36. The smallest absolute Gasteiger partial charge is 0.303 e. The molecule has 1 heterocycles. The van der Waals surface area contributed by atoms with Crippen LogP contribution in [0, 0.1) is 11.7 Å². The van der Waals surface area contributed by atoms with Crippen molar-refractivity contribution >= 4 is 11.9 Å². The molecule has 114 valence electrons. The molecule has 1 aromatic rings. The molecule has 1 unspecified atom stereocenters. The normalized spacial score (nSPS) is 18.5. The summed E-state index contributed by atoms with van der Waals surface area (Å²) >= 11 is 0. The number of hydrogen-bond acceptors (Lipinski definition) is 3. The summed E-state index contributed by atoms with van der Waals surface area (Å²) in [5.41, 5.74) is -0.0633. The van der Waals surface area contributed by atoms with Gasteiger partial charge in [0.25, 0.3) is 5.91 Å². The van der Waals surface area contributed by atoms with Gasteiger partial charge in [0.05, 0.1) is 5.56 Å². The standard InChI is InChI=1S/C15H18FNO4/c16-13-8-11(18)4-5-12(13)15(21)17-7-1-2-10(9-17)3-6-14(19)20/h4-5,8,10,18H,1-3,6-7,9H2,(H,19,20). The molecule has 1 aliphatic rings. The fourth-order valence-corrected chi connectivity index (χ4v) is 2.66. The van der Waals surface area contributed by atoms with Crippen LogP contribution < -0.4 is 0 Å². The Bertz CT molecular complexity index is 546. The molecule has 2 rings (SSSR count). The van der Waals surface area contributed by atoms with Gasteiger partial charge in [-0.2, -0.15) is 0 Å². The number of rotatable bonds is 4. The average molecular weight is 295 g/mol. The second kappa shape index (κ2) is 6.56. The van der Waals surface area contributed by atoms with Crippen molar-refractivity contribution in [3.8, 4) is 5.75 Å². The van der Waals surface area contributed by atoms with Crippen molar-refractivity contribution in [1.29, 1.82) is 0 Å². The summed E-state index contributed by atoms with van der Waals surface area (Å²) in [5, 5.41) is 17.9. The minimum atomic E-state index is -0.844. The zero-order valence-corrected chi connectivity index (χ0v) is 11.6. The van der Waals surface area contributed by atoms with Crippen LogP contribution in [0.2, 0.25) is 0 Å². The van der Waals surface area contributed by atoms with Crippen LogP contribution in [-0.2, 0) is 4.79 Å². The topological polar surface area (TPSA) is 77.8 Å². The Balaban J connectivity index is 2.03. The van der Waals surface area contributed by atoms with E-state index in [0.717, 1.165) is 18.9 Å². The predicted octanol–water partition coefficient (Wildman–Crippen LogP) is 2.25. The molecule has 0 aliphatic carbocycles. The maximum atomic E-state index is 13.7. The molecule has 0 saturated carbocycles. The number of likely N-dealkylation sites (tertiary alicyclic amines) is 1. The zero-order valence-electron chi connectivity index (χ0n) is 11.6. The molecule has 2 N–H and O–H groups in total. The molecule has 21 heavy (non-hydrogen) atoms. The molecule has 0 aromatic heterocycles. The minimum Gasteiger partial charge on any atom is -0.508 e. The van der Waals surface area contributed by atoms with Crippen molar-refractivity contribution in [3.63, 3.8) is 0 Å². The van der Waals surface area contributed by atoms with E-state index in [9.17, 15) is 19.1 Å². The van der Waals surface area contributed by atoms with E-state index in [1.165, 1.54) is 12.1 Å². The van der Waals surface area contributed by atoms with E-state index in [-0.39, 0.29) is 23.7 Å². The molecular weight excluding hydrogens is 277 g/mol. The Labute approximate surface area is 122 Å². The lowest BCUT2D eigenvalue weighted by atomic mass is 9.93. The van der Waals surface area contributed by atoms with Gasteiger partial charge < -0.3 is 15.1 Å². The van der Waals surface area contributed by atoms with Crippen LogP contribution in [0.1, 0.15) is 36.0 Å². The van der Waals surface area contributed by atoms with E-state index in [1.54, 1.807) is 4.90 Å². The number of carboxylic acid groups (broad SMARTS) is 1. The van der Waals surface area contributed by atoms with E-state index in [2.05, 4.69) is 0 Å². The first-order chi connectivity index (χ1) is 9.97. The van der Waals surface area contributed by atoms with Crippen molar-refractivity contribution in [2.24, 2.45) is 5.92 Å². The van der Waals surface area contributed by atoms with Crippen LogP contribution in [0.5, 0.6) is 5.75 Å². The molecule has 1 aromatic carbocycles. The summed E-state index contributed by atoms with van der Waals surface area (Å²) in [6.07, 6.45) is 2.28. The lowest BCUT2D eigenvalue weighted by Gasteiger charge is -2.32. The molecule has 0 bridgehead atoms. The van der Waals surface area contributed by atoms with Gasteiger partial charge in [-0.1, -0.05) is 0 Å². The van der Waals surface area contributed by atoms with Gasteiger partial charge in [0.2, 0.25) is 0 Å². The summed E-state index contributed by atoms with van der Waals surface area (Å²) in [6, 6.07) is 3.47. The number of hydrogen-bond donors (Lipinski definition) is 2. The molecule has 1 fully saturated rings. The zero-order chi connectivity index (χ0) is 15.4. The van der Waals surface area contributed by atoms with Crippen molar-refractivity contribution in [2.45, 2.75) is 25.7 Å². The Morgan fingerprint density at radius 3 is 2.81 bits per heavy atom. The third-order valence-electron chi connectivity index (χ3n) is 3.76. The van der Waals surface area contributed by atoms with Crippen molar-refractivity contribution in [3.05, 3.63) is 29.6 Å². The Kier molecular flexibility index (Phi) is 4.77. The molecule has 1 saturated heterocycles. The van der Waals surface area contributed by atoms with Gasteiger partial charge >= 0.3 is 5.97 Å². The molecule has 0 radical (unpaired) electrons. The van der Waals surface area contributed by atoms with Crippen molar-refractivity contribution in [1.82, 2.24) is 4.90 Å². The highest BCUT2D eigenvalue weighted by Gasteiger charge is 2.26. The van der Waals surface area contributed by atoms with Crippen LogP contribution in [0.4, 0.5) is 4.39 Å². The van der Waals surface area contributed by atoms with E-state index in [1.807, 2.05) is 0 Å². The number of nitrogens with zero attached hydrogens (tertiary/aromatic N) is 1. The summed E-state index contributed by atoms with van der Waals surface area (Å²) in [6.45, 7) is 0.995. The van der Waals surface area contributed by atoms with E-state index >= 15 is 0 Å². The number of aliphatic carboxylic acids is 1. The van der Waals surface area contributed by atoms with Crippen LogP contribution in [0.3, 0.4) is 0 Å². The fraction of sp³-hybridized carbons (Fsp3) is 0.467. The van der Waals surface area contributed by atoms with Gasteiger partial charge in [-0.25, -0.2) is 4.39 Å². The molecule has 1 atom stereocenters. The van der Waals surface area contributed by atoms with Gasteiger partial charge in [-0.3, -0.25) is 9.59 Å². The maximum Gasteiger partial charge on any atom is 0.303 e. The fourth-order valence-electron chi connectivity index (χ4n) is 2.66. The first-order valence-electron chi connectivity index (χ1n) is 6.97. The minimum absolute atomic E-state index is 0.0633. The number of carbonyl (C=O) groups excluding carboxylic acids is 1.